The van der Waals surface area contributed by atoms with Crippen LogP contribution in [0.5, 0.6) is 5.75 Å². The van der Waals surface area contributed by atoms with Crippen LogP contribution >= 0.6 is 12.2 Å². The van der Waals surface area contributed by atoms with Gasteiger partial charge in [0.1, 0.15) is 18.1 Å². The van der Waals surface area contributed by atoms with Gasteiger partial charge in [0.15, 0.2) is 10.9 Å². The lowest BCUT2D eigenvalue weighted by Crippen LogP contribution is -2.43. The van der Waals surface area contributed by atoms with Gasteiger partial charge in [-0.3, -0.25) is 15.6 Å². The summed E-state index contributed by atoms with van der Waals surface area (Å²) in [5.74, 6) is 1.50. The molecule has 1 atom stereocenters. The maximum absolute atomic E-state index is 12.4. The lowest BCUT2D eigenvalue weighted by atomic mass is 9.99. The molecule has 0 bridgehead atoms. The van der Waals surface area contributed by atoms with Gasteiger partial charge in [0.05, 0.1) is 0 Å². The van der Waals surface area contributed by atoms with E-state index < -0.39 is 5.91 Å². The minimum Gasteiger partial charge on any atom is -0.486 e. The first-order valence-electron chi connectivity index (χ1n) is 11.2. The van der Waals surface area contributed by atoms with Crippen LogP contribution in [0.1, 0.15) is 48.1 Å². The molecule has 3 aromatic carbocycles. The molecule has 0 aliphatic rings. The van der Waals surface area contributed by atoms with Crippen LogP contribution in [0.15, 0.2) is 83.3 Å². The number of ether oxygens (including phenoxy) is 1. The Balaban J connectivity index is 1.25. The Morgan fingerprint density at radius 1 is 0.971 bits per heavy atom. The number of hydrogen-bond donors (Lipinski definition) is 3. The van der Waals surface area contributed by atoms with Crippen LogP contribution in [0.3, 0.4) is 0 Å². The van der Waals surface area contributed by atoms with E-state index in [0.717, 1.165) is 28.6 Å². The Hall–Kier alpha value is -3.84. The predicted molar refractivity (Wildman–Crippen MR) is 139 cm³/mol. The summed E-state index contributed by atoms with van der Waals surface area (Å²) in [5, 5.41) is 5.57. The van der Waals surface area contributed by atoms with Crippen molar-refractivity contribution in [2.45, 2.75) is 32.8 Å². The van der Waals surface area contributed by atoms with Gasteiger partial charge < -0.3 is 14.5 Å². The Kier molecular flexibility index (Phi) is 7.44. The van der Waals surface area contributed by atoms with E-state index in [1.165, 1.54) is 5.56 Å². The maximum Gasteiger partial charge on any atom is 0.305 e. The molecule has 0 saturated heterocycles. The highest BCUT2D eigenvalue weighted by atomic mass is 32.1. The number of benzene rings is 3. The van der Waals surface area contributed by atoms with Crippen LogP contribution in [-0.4, -0.2) is 11.0 Å². The van der Waals surface area contributed by atoms with Crippen molar-refractivity contribution in [2.75, 3.05) is 5.32 Å². The van der Waals surface area contributed by atoms with E-state index in [4.69, 9.17) is 21.4 Å². The third kappa shape index (κ3) is 5.94. The number of hydrogen-bond acceptors (Lipinski definition) is 4. The van der Waals surface area contributed by atoms with Crippen LogP contribution in [-0.2, 0) is 6.61 Å². The van der Waals surface area contributed by atoms with E-state index in [1.807, 2.05) is 48.5 Å². The second kappa shape index (κ2) is 10.9. The van der Waals surface area contributed by atoms with E-state index in [-0.39, 0.29) is 17.5 Å². The second-order valence-corrected chi connectivity index (χ2v) is 8.44. The van der Waals surface area contributed by atoms with Crippen LogP contribution < -0.4 is 20.9 Å². The Morgan fingerprint density at radius 2 is 1.74 bits per heavy atom. The molecule has 0 fully saturated rings. The number of hydrazine groups is 1. The molecule has 1 unspecified atom stereocenters. The maximum atomic E-state index is 12.4. The number of furan rings is 1. The second-order valence-electron chi connectivity index (χ2n) is 8.03. The molecule has 1 amide bonds. The first-order valence-corrected chi connectivity index (χ1v) is 11.6. The van der Waals surface area contributed by atoms with E-state index in [2.05, 4.69) is 48.2 Å². The van der Waals surface area contributed by atoms with E-state index in [0.29, 0.717) is 11.7 Å². The summed E-state index contributed by atoms with van der Waals surface area (Å²) in [6.07, 6.45) is 1.09. The largest absolute Gasteiger partial charge is 0.486 e. The zero-order valence-corrected chi connectivity index (χ0v) is 19.9. The van der Waals surface area contributed by atoms with Crippen molar-refractivity contribution in [1.29, 1.82) is 0 Å². The zero-order valence-electron chi connectivity index (χ0n) is 19.1. The molecule has 6 nitrogen and oxygen atoms in total. The molecule has 4 rings (SSSR count). The van der Waals surface area contributed by atoms with Crippen molar-refractivity contribution in [3.8, 4) is 5.75 Å². The number of carbonyl (C=O) groups excluding carboxylic acids is 1. The van der Waals surface area contributed by atoms with Crippen LogP contribution in [0.25, 0.3) is 10.8 Å². The summed E-state index contributed by atoms with van der Waals surface area (Å²) in [6.45, 7) is 4.57. The van der Waals surface area contributed by atoms with Gasteiger partial charge in [0.25, 0.3) is 0 Å². The van der Waals surface area contributed by atoms with Gasteiger partial charge in [-0.15, -0.1) is 0 Å². The number of fused-ring (bicyclic) bond motifs is 1. The van der Waals surface area contributed by atoms with Gasteiger partial charge >= 0.3 is 5.91 Å². The number of carbonyl (C=O) groups is 1. The van der Waals surface area contributed by atoms with Crippen LogP contribution in [0.2, 0.25) is 0 Å². The Labute approximate surface area is 204 Å². The summed E-state index contributed by atoms with van der Waals surface area (Å²) in [5.41, 5.74) is 7.34. The standard InChI is InChI=1S/C27H27N3O3S/c1-3-18(2)19-8-11-22(12-9-19)28-27(34)30-29-26(31)25-15-14-24(33-25)17-32-23-13-10-20-6-4-5-7-21(20)16-23/h4-16,18H,3,17H2,1-2H3,(H,29,31)(H2,28,30,34). The third-order valence-corrected chi connectivity index (χ3v) is 5.83. The molecule has 0 radical (unpaired) electrons. The zero-order chi connectivity index (χ0) is 23.9. The quantitative estimate of drug-likeness (QED) is 0.221. The van der Waals surface area contributed by atoms with Gasteiger partial charge in [0, 0.05) is 5.69 Å². The van der Waals surface area contributed by atoms with Gasteiger partial charge in [-0.1, -0.05) is 56.3 Å². The van der Waals surface area contributed by atoms with Gasteiger partial charge in [-0.25, -0.2) is 0 Å². The number of nitrogens with one attached hydrogen (secondary N) is 3. The molecule has 0 spiro atoms. The number of thiocarbonyl (C=S) groups is 1. The average molecular weight is 474 g/mol. The fourth-order valence-corrected chi connectivity index (χ4v) is 3.63. The highest BCUT2D eigenvalue weighted by Gasteiger charge is 2.12. The summed E-state index contributed by atoms with van der Waals surface area (Å²) < 4.78 is 11.4. The molecule has 0 aliphatic carbocycles. The van der Waals surface area contributed by atoms with E-state index in [1.54, 1.807) is 12.1 Å². The predicted octanol–water partition coefficient (Wildman–Crippen LogP) is 6.16. The normalized spacial score (nSPS) is 11.6. The molecule has 0 saturated carbocycles. The highest BCUT2D eigenvalue weighted by molar-refractivity contribution is 7.80. The Bertz CT molecular complexity index is 1280. The van der Waals surface area contributed by atoms with Crippen molar-refractivity contribution < 1.29 is 13.9 Å². The van der Waals surface area contributed by atoms with Gasteiger partial charge in [0.2, 0.25) is 0 Å². The summed E-state index contributed by atoms with van der Waals surface area (Å²) in [4.78, 5) is 12.4. The van der Waals surface area contributed by atoms with Crippen LogP contribution in [0, 0.1) is 0 Å². The smallest absolute Gasteiger partial charge is 0.305 e. The van der Waals surface area contributed by atoms with Crippen molar-refractivity contribution >= 4 is 39.7 Å². The topological polar surface area (TPSA) is 75.5 Å². The molecule has 34 heavy (non-hydrogen) atoms. The monoisotopic (exact) mass is 473 g/mol. The lowest BCUT2D eigenvalue weighted by molar-refractivity contribution is 0.0912. The fraction of sp³-hybridized carbons (Fsp3) is 0.185. The molecular formula is C27H27N3O3S. The van der Waals surface area contributed by atoms with Crippen molar-refractivity contribution in [2.24, 2.45) is 0 Å². The minimum atomic E-state index is -0.437. The summed E-state index contributed by atoms with van der Waals surface area (Å²) >= 11 is 5.26. The summed E-state index contributed by atoms with van der Waals surface area (Å²) in [7, 11) is 0. The lowest BCUT2D eigenvalue weighted by Gasteiger charge is -2.13. The average Bonchev–Trinajstić information content (AvgIpc) is 3.35. The minimum absolute atomic E-state index is 0.158. The SMILES string of the molecule is CCC(C)c1ccc(NC(=S)NNC(=O)c2ccc(COc3ccc4ccccc4c3)o2)cc1. The number of rotatable bonds is 7. The molecule has 1 heterocycles. The molecule has 7 heteroatoms. The first kappa shape index (κ1) is 23.3. The first-order chi connectivity index (χ1) is 16.5. The molecular weight excluding hydrogens is 446 g/mol. The number of amides is 1. The van der Waals surface area contributed by atoms with E-state index >= 15 is 0 Å². The molecule has 4 aromatic rings. The molecule has 174 valence electrons. The highest BCUT2D eigenvalue weighted by Crippen LogP contribution is 2.22. The summed E-state index contributed by atoms with van der Waals surface area (Å²) in [6, 6.07) is 25.3. The molecule has 1 aromatic heterocycles. The fourth-order valence-electron chi connectivity index (χ4n) is 3.46. The molecule has 3 N–H and O–H groups in total. The third-order valence-electron chi connectivity index (χ3n) is 5.63. The van der Waals surface area contributed by atoms with Gasteiger partial charge in [-0.05, 0) is 77.3 Å². The van der Waals surface area contributed by atoms with Crippen molar-refractivity contribution in [1.82, 2.24) is 10.9 Å². The Morgan fingerprint density at radius 3 is 2.50 bits per heavy atom. The van der Waals surface area contributed by atoms with E-state index in [9.17, 15) is 4.79 Å². The van der Waals surface area contributed by atoms with Crippen molar-refractivity contribution in [3.05, 3.63) is 95.9 Å². The van der Waals surface area contributed by atoms with Gasteiger partial charge in [-0.2, -0.15) is 0 Å². The van der Waals surface area contributed by atoms with Crippen LogP contribution in [0.4, 0.5) is 5.69 Å². The van der Waals surface area contributed by atoms with Crippen molar-refractivity contribution in [3.63, 3.8) is 0 Å². The number of anilines is 1. The molecule has 0 aliphatic heterocycles.